The molecular formula is C16H32N2. The van der Waals surface area contributed by atoms with Crippen molar-refractivity contribution in [1.82, 2.24) is 5.43 Å². The van der Waals surface area contributed by atoms with Gasteiger partial charge in [-0.25, -0.2) is 0 Å². The van der Waals surface area contributed by atoms with Crippen molar-refractivity contribution >= 4 is 0 Å². The maximum absolute atomic E-state index is 5.93. The van der Waals surface area contributed by atoms with Crippen molar-refractivity contribution in [2.75, 3.05) is 0 Å². The fraction of sp³-hybridized carbons (Fsp3) is 1.00. The zero-order chi connectivity index (χ0) is 13.7. The molecule has 2 nitrogen and oxygen atoms in total. The molecule has 0 bridgehead atoms. The number of hydrogen-bond donors (Lipinski definition) is 2. The predicted molar refractivity (Wildman–Crippen MR) is 77.8 cm³/mol. The van der Waals surface area contributed by atoms with Gasteiger partial charge in [-0.15, -0.1) is 0 Å². The predicted octanol–water partition coefficient (Wildman–Crippen LogP) is 3.57. The summed E-state index contributed by atoms with van der Waals surface area (Å²) in [5.41, 5.74) is 4.04. The lowest BCUT2D eigenvalue weighted by Gasteiger charge is -2.37. The second-order valence-corrected chi connectivity index (χ2v) is 8.29. The van der Waals surface area contributed by atoms with E-state index in [4.69, 9.17) is 5.84 Å². The number of hydrazine groups is 1. The van der Waals surface area contributed by atoms with Crippen molar-refractivity contribution in [1.29, 1.82) is 0 Å². The van der Waals surface area contributed by atoms with Crippen LogP contribution in [0.25, 0.3) is 0 Å². The molecule has 0 spiro atoms. The smallest absolute Gasteiger partial charge is 0.0277 e. The van der Waals surface area contributed by atoms with Gasteiger partial charge in [-0.3, -0.25) is 11.3 Å². The summed E-state index contributed by atoms with van der Waals surface area (Å²) in [4.78, 5) is 0. The van der Waals surface area contributed by atoms with E-state index in [1.54, 1.807) is 0 Å². The van der Waals surface area contributed by atoms with Gasteiger partial charge in [0.2, 0.25) is 0 Å². The quantitative estimate of drug-likeness (QED) is 0.595. The Balaban J connectivity index is 2.11. The highest BCUT2D eigenvalue weighted by Gasteiger charge is 2.67. The molecule has 0 aliphatic heterocycles. The van der Waals surface area contributed by atoms with Crippen LogP contribution in [0.1, 0.15) is 60.8 Å². The molecule has 3 atom stereocenters. The summed E-state index contributed by atoms with van der Waals surface area (Å²) in [6.45, 7) is 14.4. The molecule has 2 saturated carbocycles. The van der Waals surface area contributed by atoms with Crippen LogP contribution in [0.5, 0.6) is 0 Å². The first kappa shape index (κ1) is 14.3. The Morgan fingerprint density at radius 1 is 0.944 bits per heavy atom. The van der Waals surface area contributed by atoms with Crippen LogP contribution in [0.3, 0.4) is 0 Å². The van der Waals surface area contributed by atoms with E-state index in [0.29, 0.717) is 16.9 Å². The highest BCUT2D eigenvalue weighted by Crippen LogP contribution is 2.70. The molecule has 2 fully saturated rings. The van der Waals surface area contributed by atoms with Gasteiger partial charge < -0.3 is 0 Å². The number of rotatable bonds is 3. The van der Waals surface area contributed by atoms with Gasteiger partial charge in [-0.1, -0.05) is 41.5 Å². The molecule has 2 rings (SSSR count). The zero-order valence-corrected chi connectivity index (χ0v) is 13.1. The lowest BCUT2D eigenvalue weighted by atomic mass is 9.72. The van der Waals surface area contributed by atoms with E-state index in [1.807, 2.05) is 0 Å². The molecule has 2 aliphatic rings. The van der Waals surface area contributed by atoms with Crippen LogP contribution in [0, 0.1) is 34.5 Å². The average Bonchev–Trinajstić information content (AvgIpc) is 2.61. The molecule has 18 heavy (non-hydrogen) atoms. The minimum atomic E-state index is 0.425. The van der Waals surface area contributed by atoms with E-state index in [-0.39, 0.29) is 0 Å². The van der Waals surface area contributed by atoms with E-state index in [0.717, 1.165) is 23.7 Å². The third-order valence-electron chi connectivity index (χ3n) is 6.41. The molecule has 3 N–H and O–H groups in total. The first-order chi connectivity index (χ1) is 8.21. The third-order valence-corrected chi connectivity index (χ3v) is 6.41. The Hall–Kier alpha value is -0.0800. The van der Waals surface area contributed by atoms with Gasteiger partial charge in [0.15, 0.2) is 0 Å². The minimum absolute atomic E-state index is 0.425. The Morgan fingerprint density at radius 2 is 1.39 bits per heavy atom. The Morgan fingerprint density at radius 3 is 1.72 bits per heavy atom. The fourth-order valence-corrected chi connectivity index (χ4v) is 4.95. The Bertz CT molecular complexity index is 284. The van der Waals surface area contributed by atoms with Gasteiger partial charge in [0.1, 0.15) is 0 Å². The van der Waals surface area contributed by atoms with Crippen LogP contribution in [0.2, 0.25) is 0 Å². The molecule has 0 radical (unpaired) electrons. The maximum atomic E-state index is 5.93. The Labute approximate surface area is 113 Å². The van der Waals surface area contributed by atoms with Gasteiger partial charge in [0, 0.05) is 6.04 Å². The molecule has 0 aromatic carbocycles. The standard InChI is InChI=1S/C16H32N2/c1-10-7-11(2)9-12(8-10)13(18-17)14-15(3,4)16(14,5)6/h10-14,18H,7-9,17H2,1-6H3. The fourth-order valence-electron chi connectivity index (χ4n) is 4.95. The van der Waals surface area contributed by atoms with Gasteiger partial charge in [-0.2, -0.15) is 0 Å². The van der Waals surface area contributed by atoms with Crippen LogP contribution in [-0.2, 0) is 0 Å². The summed E-state index contributed by atoms with van der Waals surface area (Å²) in [5, 5.41) is 0. The Kier molecular flexibility index (Phi) is 3.57. The van der Waals surface area contributed by atoms with E-state index < -0.39 is 0 Å². The normalized spacial score (nSPS) is 40.5. The van der Waals surface area contributed by atoms with Crippen LogP contribution in [0.4, 0.5) is 0 Å². The summed E-state index contributed by atoms with van der Waals surface area (Å²) in [5.74, 6) is 9.13. The summed E-state index contributed by atoms with van der Waals surface area (Å²) in [6, 6.07) is 0.500. The van der Waals surface area contributed by atoms with Crippen LogP contribution in [0.15, 0.2) is 0 Å². The zero-order valence-electron chi connectivity index (χ0n) is 13.1. The van der Waals surface area contributed by atoms with Gasteiger partial charge >= 0.3 is 0 Å². The van der Waals surface area contributed by atoms with Crippen molar-refractivity contribution < 1.29 is 0 Å². The first-order valence-corrected chi connectivity index (χ1v) is 7.68. The molecule has 0 aromatic heterocycles. The summed E-state index contributed by atoms with van der Waals surface area (Å²) in [7, 11) is 0. The van der Waals surface area contributed by atoms with Gasteiger partial charge in [-0.05, 0) is 53.8 Å². The van der Waals surface area contributed by atoms with E-state index in [9.17, 15) is 0 Å². The van der Waals surface area contributed by atoms with Crippen LogP contribution >= 0.6 is 0 Å². The number of nitrogens with two attached hydrogens (primary N) is 1. The second-order valence-electron chi connectivity index (χ2n) is 8.29. The molecule has 2 aliphatic carbocycles. The van der Waals surface area contributed by atoms with Crippen LogP contribution < -0.4 is 11.3 Å². The van der Waals surface area contributed by atoms with E-state index in [2.05, 4.69) is 47.0 Å². The van der Waals surface area contributed by atoms with Crippen LogP contribution in [-0.4, -0.2) is 6.04 Å². The van der Waals surface area contributed by atoms with Crippen molar-refractivity contribution in [3.63, 3.8) is 0 Å². The molecule has 0 heterocycles. The van der Waals surface area contributed by atoms with Gasteiger partial charge in [0.25, 0.3) is 0 Å². The topological polar surface area (TPSA) is 38.0 Å². The maximum Gasteiger partial charge on any atom is 0.0277 e. The molecule has 0 amide bonds. The van der Waals surface area contributed by atoms with Crippen molar-refractivity contribution in [3.8, 4) is 0 Å². The third kappa shape index (κ3) is 2.12. The number of hydrogen-bond acceptors (Lipinski definition) is 2. The summed E-state index contributed by atoms with van der Waals surface area (Å²) >= 11 is 0. The molecule has 0 saturated heterocycles. The number of nitrogens with one attached hydrogen (secondary N) is 1. The highest BCUT2D eigenvalue weighted by molar-refractivity contribution is 5.17. The second kappa shape index (κ2) is 4.49. The van der Waals surface area contributed by atoms with E-state index >= 15 is 0 Å². The molecule has 3 unspecified atom stereocenters. The van der Waals surface area contributed by atoms with Crippen molar-refractivity contribution in [2.45, 2.75) is 66.8 Å². The first-order valence-electron chi connectivity index (χ1n) is 7.68. The van der Waals surface area contributed by atoms with Crippen molar-refractivity contribution in [2.24, 2.45) is 40.3 Å². The van der Waals surface area contributed by atoms with E-state index in [1.165, 1.54) is 19.3 Å². The molecule has 106 valence electrons. The molecule has 2 heteroatoms. The van der Waals surface area contributed by atoms with Gasteiger partial charge in [0.05, 0.1) is 0 Å². The monoisotopic (exact) mass is 252 g/mol. The largest absolute Gasteiger partial charge is 0.271 e. The molecular weight excluding hydrogens is 220 g/mol. The average molecular weight is 252 g/mol. The lowest BCUT2D eigenvalue weighted by Crippen LogP contribution is -2.46. The molecule has 0 aromatic rings. The van der Waals surface area contributed by atoms with Crippen molar-refractivity contribution in [3.05, 3.63) is 0 Å². The summed E-state index contributed by atoms with van der Waals surface area (Å²) in [6.07, 6.45) is 4.09. The summed E-state index contributed by atoms with van der Waals surface area (Å²) < 4.78 is 0. The SMILES string of the molecule is CC1CC(C)CC(C(NN)C2C(C)(C)C2(C)C)C1. The lowest BCUT2D eigenvalue weighted by molar-refractivity contribution is 0.154. The highest BCUT2D eigenvalue weighted by atomic mass is 15.2. The minimum Gasteiger partial charge on any atom is -0.271 e.